The molecule has 0 unspecified atom stereocenters. The summed E-state index contributed by atoms with van der Waals surface area (Å²) in [5.74, 6) is -0.301. The standard InChI is InChI=1S/C21H21N5O3/c1-13(18-23-15-10-6-7-11-16(15)24-18)22-17(27)12-26-19(28)21(2,25-20(26)29)14-8-4-3-5-9-14/h3-11,13H,12H2,1-2H3,(H,22,27)(H,23,24)(H,25,29)/t13-,21-/m0/s1. The smallest absolute Gasteiger partial charge is 0.325 e. The van der Waals surface area contributed by atoms with Gasteiger partial charge in [0, 0.05) is 0 Å². The number of amides is 4. The van der Waals surface area contributed by atoms with Gasteiger partial charge in [-0.25, -0.2) is 9.78 Å². The van der Waals surface area contributed by atoms with Gasteiger partial charge in [-0.15, -0.1) is 0 Å². The molecule has 0 saturated carbocycles. The van der Waals surface area contributed by atoms with E-state index in [1.165, 1.54) is 0 Å². The summed E-state index contributed by atoms with van der Waals surface area (Å²) < 4.78 is 0. The van der Waals surface area contributed by atoms with Gasteiger partial charge >= 0.3 is 6.03 Å². The van der Waals surface area contributed by atoms with Gasteiger partial charge in [0.05, 0.1) is 17.1 Å². The number of benzene rings is 2. The van der Waals surface area contributed by atoms with E-state index in [9.17, 15) is 14.4 Å². The van der Waals surface area contributed by atoms with Crippen LogP contribution in [0.1, 0.15) is 31.3 Å². The molecule has 0 radical (unpaired) electrons. The molecule has 1 aliphatic heterocycles. The maximum absolute atomic E-state index is 12.9. The van der Waals surface area contributed by atoms with E-state index in [0.717, 1.165) is 15.9 Å². The van der Waals surface area contributed by atoms with Gasteiger partial charge in [0.25, 0.3) is 5.91 Å². The van der Waals surface area contributed by atoms with E-state index < -0.39 is 29.4 Å². The van der Waals surface area contributed by atoms with E-state index in [1.54, 1.807) is 38.1 Å². The molecule has 0 spiro atoms. The minimum Gasteiger partial charge on any atom is -0.345 e. The third-order valence-corrected chi connectivity index (χ3v) is 5.12. The molecule has 2 aromatic carbocycles. The number of hydrogen-bond donors (Lipinski definition) is 3. The summed E-state index contributed by atoms with van der Waals surface area (Å²) in [5, 5.41) is 5.48. The summed E-state index contributed by atoms with van der Waals surface area (Å²) >= 11 is 0. The maximum atomic E-state index is 12.9. The van der Waals surface area contributed by atoms with E-state index in [4.69, 9.17) is 0 Å². The van der Waals surface area contributed by atoms with Gasteiger partial charge in [-0.3, -0.25) is 14.5 Å². The van der Waals surface area contributed by atoms with E-state index in [2.05, 4.69) is 20.6 Å². The predicted octanol–water partition coefficient (Wildman–Crippen LogP) is 2.21. The Labute approximate surface area is 167 Å². The van der Waals surface area contributed by atoms with Crippen LogP contribution in [0.3, 0.4) is 0 Å². The number of imide groups is 1. The number of aromatic nitrogens is 2. The van der Waals surface area contributed by atoms with E-state index in [0.29, 0.717) is 11.4 Å². The number of aromatic amines is 1. The normalized spacial score (nSPS) is 20.0. The first-order chi connectivity index (χ1) is 13.9. The minimum atomic E-state index is -1.19. The van der Waals surface area contributed by atoms with Crippen LogP contribution in [0.4, 0.5) is 4.79 Å². The van der Waals surface area contributed by atoms with Gasteiger partial charge in [0.2, 0.25) is 5.91 Å². The Hall–Kier alpha value is -3.68. The number of hydrogen-bond acceptors (Lipinski definition) is 4. The fourth-order valence-electron chi connectivity index (χ4n) is 3.48. The minimum absolute atomic E-state index is 0.363. The van der Waals surface area contributed by atoms with Crippen LogP contribution in [0, 0.1) is 0 Å². The number of urea groups is 1. The number of carbonyl (C=O) groups is 3. The van der Waals surface area contributed by atoms with Crippen molar-refractivity contribution in [3.63, 3.8) is 0 Å². The first-order valence-electron chi connectivity index (χ1n) is 9.32. The van der Waals surface area contributed by atoms with Crippen LogP contribution < -0.4 is 10.6 Å². The second-order valence-corrected chi connectivity index (χ2v) is 7.24. The molecule has 8 nitrogen and oxygen atoms in total. The van der Waals surface area contributed by atoms with Crippen LogP contribution in [-0.4, -0.2) is 39.3 Å². The predicted molar refractivity (Wildman–Crippen MR) is 107 cm³/mol. The van der Waals surface area contributed by atoms with Gasteiger partial charge in [-0.1, -0.05) is 42.5 Å². The first-order valence-corrected chi connectivity index (χ1v) is 9.32. The molecule has 8 heteroatoms. The van der Waals surface area contributed by atoms with Gasteiger partial charge in [0.15, 0.2) is 0 Å². The molecule has 29 heavy (non-hydrogen) atoms. The second-order valence-electron chi connectivity index (χ2n) is 7.24. The van der Waals surface area contributed by atoms with E-state index in [1.807, 2.05) is 30.3 Å². The molecule has 1 fully saturated rings. The lowest BCUT2D eigenvalue weighted by Crippen LogP contribution is -2.43. The molecule has 1 saturated heterocycles. The van der Waals surface area contributed by atoms with Crippen molar-refractivity contribution in [1.29, 1.82) is 0 Å². The Balaban J connectivity index is 1.45. The molecule has 3 aromatic rings. The third-order valence-electron chi connectivity index (χ3n) is 5.12. The number of H-pyrrole nitrogens is 1. The van der Waals surface area contributed by atoms with Crippen LogP contribution >= 0.6 is 0 Å². The molecule has 4 rings (SSSR count). The average Bonchev–Trinajstić information content (AvgIpc) is 3.24. The molecule has 0 aliphatic carbocycles. The molecule has 148 valence electrons. The monoisotopic (exact) mass is 391 g/mol. The Morgan fingerprint density at radius 3 is 2.55 bits per heavy atom. The molecule has 1 aromatic heterocycles. The number of fused-ring (bicyclic) bond motifs is 1. The topological polar surface area (TPSA) is 107 Å². The summed E-state index contributed by atoms with van der Waals surface area (Å²) in [6.07, 6.45) is 0. The zero-order valence-electron chi connectivity index (χ0n) is 16.1. The molecule has 2 atom stereocenters. The fourth-order valence-corrected chi connectivity index (χ4v) is 3.48. The number of rotatable bonds is 5. The summed E-state index contributed by atoms with van der Waals surface area (Å²) in [4.78, 5) is 46.3. The summed E-state index contributed by atoms with van der Waals surface area (Å²) in [5.41, 5.74) is 1.15. The maximum Gasteiger partial charge on any atom is 0.325 e. The van der Waals surface area contributed by atoms with Crippen molar-refractivity contribution in [2.75, 3.05) is 6.54 Å². The molecule has 4 amide bonds. The highest BCUT2D eigenvalue weighted by molar-refractivity contribution is 6.09. The Morgan fingerprint density at radius 2 is 1.83 bits per heavy atom. The van der Waals surface area contributed by atoms with Gasteiger partial charge < -0.3 is 15.6 Å². The molecule has 1 aliphatic rings. The summed E-state index contributed by atoms with van der Waals surface area (Å²) in [6.45, 7) is 3.06. The number of imidazole rings is 1. The lowest BCUT2D eigenvalue weighted by atomic mass is 9.92. The second kappa shape index (κ2) is 7.05. The highest BCUT2D eigenvalue weighted by atomic mass is 16.2. The average molecular weight is 391 g/mol. The lowest BCUT2D eigenvalue weighted by Gasteiger charge is -2.22. The van der Waals surface area contributed by atoms with Crippen LogP contribution in [0.25, 0.3) is 11.0 Å². The quantitative estimate of drug-likeness (QED) is 0.580. The SMILES string of the molecule is C[C@H](NC(=O)CN1C(=O)N[C@@](C)(c2ccccc2)C1=O)c1nc2ccccc2[nH]1. The molecule has 3 N–H and O–H groups in total. The van der Waals surface area contributed by atoms with Crippen molar-refractivity contribution in [3.8, 4) is 0 Å². The lowest BCUT2D eigenvalue weighted by molar-refractivity contribution is -0.135. The molecule has 0 bridgehead atoms. The van der Waals surface area contributed by atoms with Crippen LogP contribution in [0.2, 0.25) is 0 Å². The zero-order chi connectivity index (χ0) is 20.6. The van der Waals surface area contributed by atoms with Gasteiger partial charge in [-0.05, 0) is 31.5 Å². The Bertz CT molecular complexity index is 1060. The Morgan fingerprint density at radius 1 is 1.14 bits per heavy atom. The Kier molecular flexibility index (Phi) is 4.54. The third kappa shape index (κ3) is 3.33. The van der Waals surface area contributed by atoms with Gasteiger partial charge in [-0.2, -0.15) is 0 Å². The van der Waals surface area contributed by atoms with Crippen molar-refractivity contribution in [2.24, 2.45) is 0 Å². The zero-order valence-corrected chi connectivity index (χ0v) is 16.1. The van der Waals surface area contributed by atoms with Crippen LogP contribution in [-0.2, 0) is 15.1 Å². The van der Waals surface area contributed by atoms with Crippen LogP contribution in [0.15, 0.2) is 54.6 Å². The van der Waals surface area contributed by atoms with E-state index >= 15 is 0 Å². The molecular formula is C21H21N5O3. The summed E-state index contributed by atoms with van der Waals surface area (Å²) in [6, 6.07) is 15.5. The molecular weight excluding hydrogens is 370 g/mol. The first kappa shape index (κ1) is 18.7. The van der Waals surface area contributed by atoms with Crippen LogP contribution in [0.5, 0.6) is 0 Å². The van der Waals surface area contributed by atoms with Crippen molar-refractivity contribution in [1.82, 2.24) is 25.5 Å². The van der Waals surface area contributed by atoms with Crippen molar-refractivity contribution in [2.45, 2.75) is 25.4 Å². The van der Waals surface area contributed by atoms with E-state index in [-0.39, 0.29) is 6.54 Å². The van der Waals surface area contributed by atoms with Crippen molar-refractivity contribution >= 4 is 28.9 Å². The number of nitrogens with one attached hydrogen (secondary N) is 3. The number of carbonyl (C=O) groups excluding carboxylic acids is 3. The van der Waals surface area contributed by atoms with Crippen molar-refractivity contribution in [3.05, 3.63) is 66.0 Å². The molecule has 2 heterocycles. The highest BCUT2D eigenvalue weighted by Gasteiger charge is 2.49. The van der Waals surface area contributed by atoms with Gasteiger partial charge in [0.1, 0.15) is 17.9 Å². The number of para-hydroxylation sites is 2. The summed E-state index contributed by atoms with van der Waals surface area (Å²) in [7, 11) is 0. The fraction of sp³-hybridized carbons (Fsp3) is 0.238. The highest BCUT2D eigenvalue weighted by Crippen LogP contribution is 2.28. The largest absolute Gasteiger partial charge is 0.345 e. The van der Waals surface area contributed by atoms with Crippen molar-refractivity contribution < 1.29 is 14.4 Å². The number of nitrogens with zero attached hydrogens (tertiary/aromatic N) is 2.